The summed E-state index contributed by atoms with van der Waals surface area (Å²) >= 11 is 0. The summed E-state index contributed by atoms with van der Waals surface area (Å²) in [5.74, 6) is -1.54. The lowest BCUT2D eigenvalue weighted by Crippen LogP contribution is -2.55. The van der Waals surface area contributed by atoms with Gasteiger partial charge in [-0.05, 0) is 55.8 Å². The van der Waals surface area contributed by atoms with E-state index in [0.29, 0.717) is 32.1 Å². The highest BCUT2D eigenvalue weighted by Crippen LogP contribution is 2.31. The van der Waals surface area contributed by atoms with Crippen LogP contribution in [0.1, 0.15) is 435 Å². The molecule has 0 rings (SSSR count). The van der Waals surface area contributed by atoms with Gasteiger partial charge in [0.2, 0.25) is 6.10 Å². The Morgan fingerprint density at radius 1 is 0.235 bits per heavy atom. The van der Waals surface area contributed by atoms with Crippen LogP contribution < -0.4 is 0 Å². The monoisotopic (exact) mass is 1200 g/mol. The van der Waals surface area contributed by atoms with Crippen molar-refractivity contribution < 1.29 is 38.1 Å². The second-order valence-corrected chi connectivity index (χ2v) is 28.5. The maximum absolute atomic E-state index is 14.0. The van der Waals surface area contributed by atoms with Crippen molar-refractivity contribution in [3.63, 3.8) is 0 Å². The Balaban J connectivity index is 5.79. The van der Waals surface area contributed by atoms with Crippen LogP contribution in [-0.4, -0.2) is 36.0 Å². The first-order chi connectivity index (χ1) is 41.2. The van der Waals surface area contributed by atoms with Crippen LogP contribution in [0.3, 0.4) is 0 Å². The van der Waals surface area contributed by atoms with Gasteiger partial charge in [0.05, 0.1) is 0 Å². The second-order valence-electron chi connectivity index (χ2n) is 28.5. The molecule has 0 heterocycles. The van der Waals surface area contributed by atoms with Crippen molar-refractivity contribution in [3.8, 4) is 0 Å². The van der Waals surface area contributed by atoms with Gasteiger partial charge >= 0.3 is 29.9 Å². The average Bonchev–Trinajstić information content (AvgIpc) is 3.50. The maximum atomic E-state index is 14.0. The van der Waals surface area contributed by atoms with Crippen molar-refractivity contribution in [2.24, 2.45) is 23.7 Å². The summed E-state index contributed by atoms with van der Waals surface area (Å²) in [6, 6.07) is 0. The highest BCUT2D eigenvalue weighted by atomic mass is 16.9. The lowest BCUT2D eigenvalue weighted by molar-refractivity contribution is -0.365. The standard InChI is InChI=1S/C77H148O8/c1-10-59-72(82-73(78)64-55-47-39-31-23-15-11-19-27-35-43-51-60-68(2)3)77(83-74(79)65-56-48-40-32-24-16-12-20-28-36-44-52-61-69(4)5,84-75(80)66-57-49-41-33-25-17-13-21-29-37-45-53-62-70(6)7)85-76(81)67-58-50-42-34-26-18-14-22-30-38-46-54-63-71(8)9/h68-72H,10-67H2,1-9H3. The van der Waals surface area contributed by atoms with Crippen molar-refractivity contribution in [2.75, 3.05) is 0 Å². The first-order valence-corrected chi connectivity index (χ1v) is 38.1. The summed E-state index contributed by atoms with van der Waals surface area (Å²) < 4.78 is 24.8. The van der Waals surface area contributed by atoms with Gasteiger partial charge in [0, 0.05) is 25.7 Å². The molecule has 504 valence electrons. The van der Waals surface area contributed by atoms with Crippen LogP contribution in [0.2, 0.25) is 0 Å². The molecule has 0 aliphatic rings. The van der Waals surface area contributed by atoms with Crippen LogP contribution in [0, 0.1) is 23.7 Å². The fraction of sp³-hybridized carbons (Fsp3) is 0.948. The second kappa shape index (κ2) is 62.1. The van der Waals surface area contributed by atoms with Crippen molar-refractivity contribution >= 4 is 23.9 Å². The van der Waals surface area contributed by atoms with Crippen LogP contribution in [-0.2, 0) is 38.1 Å². The molecule has 85 heavy (non-hydrogen) atoms. The average molecular weight is 1200 g/mol. The Hall–Kier alpha value is -2.12. The van der Waals surface area contributed by atoms with Crippen LogP contribution in [0.5, 0.6) is 0 Å². The zero-order chi connectivity index (χ0) is 62.5. The van der Waals surface area contributed by atoms with Gasteiger partial charge in [-0.2, -0.15) is 0 Å². The largest absolute Gasteiger partial charge is 0.463 e. The molecule has 0 spiro atoms. The molecule has 0 aliphatic carbocycles. The fourth-order valence-corrected chi connectivity index (χ4v) is 12.0. The SMILES string of the molecule is CCCC(OC(=O)CCCCCCCCCCCCCCC(C)C)C(OC(=O)CCCCCCCCCCCCCCC(C)C)(OC(=O)CCCCCCCCCCCCCCC(C)C)OC(=O)CCCCCCCCCCCCCCC(C)C. The van der Waals surface area contributed by atoms with E-state index in [1.54, 1.807) is 0 Å². The molecule has 0 aromatic heterocycles. The van der Waals surface area contributed by atoms with Crippen LogP contribution in [0.15, 0.2) is 0 Å². The van der Waals surface area contributed by atoms with Gasteiger partial charge in [-0.15, -0.1) is 0 Å². The Labute approximate surface area is 530 Å². The third kappa shape index (κ3) is 59.3. The van der Waals surface area contributed by atoms with Gasteiger partial charge in [-0.3, -0.25) is 19.2 Å². The van der Waals surface area contributed by atoms with E-state index in [4.69, 9.17) is 18.9 Å². The first-order valence-electron chi connectivity index (χ1n) is 38.1. The number of ether oxygens (including phenoxy) is 4. The van der Waals surface area contributed by atoms with E-state index in [-0.39, 0.29) is 32.1 Å². The zero-order valence-corrected chi connectivity index (χ0v) is 58.7. The predicted molar refractivity (Wildman–Crippen MR) is 364 cm³/mol. The minimum Gasteiger partial charge on any atom is -0.449 e. The molecule has 0 fully saturated rings. The highest BCUT2D eigenvalue weighted by Gasteiger charge is 2.53. The summed E-state index contributed by atoms with van der Waals surface area (Å²) in [6.07, 6.45) is 61.9. The fourth-order valence-electron chi connectivity index (χ4n) is 12.0. The van der Waals surface area contributed by atoms with E-state index in [0.717, 1.165) is 101 Å². The molecule has 0 bridgehead atoms. The van der Waals surface area contributed by atoms with E-state index in [1.165, 1.54) is 231 Å². The molecular formula is C77H148O8. The lowest BCUT2D eigenvalue weighted by atomic mass is 10.0. The molecule has 1 unspecified atom stereocenters. The topological polar surface area (TPSA) is 105 Å². The van der Waals surface area contributed by atoms with Crippen LogP contribution in [0.25, 0.3) is 0 Å². The molecule has 0 aliphatic heterocycles. The van der Waals surface area contributed by atoms with Crippen molar-refractivity contribution in [1.29, 1.82) is 0 Å². The van der Waals surface area contributed by atoms with Crippen molar-refractivity contribution in [1.82, 2.24) is 0 Å². The molecular weight excluding hydrogens is 1050 g/mol. The molecule has 1 atom stereocenters. The number of hydrogen-bond donors (Lipinski definition) is 0. The number of rotatable bonds is 67. The van der Waals surface area contributed by atoms with Gasteiger partial charge in [0.15, 0.2) is 0 Å². The third-order valence-electron chi connectivity index (χ3n) is 17.6. The minimum atomic E-state index is -2.48. The Morgan fingerprint density at radius 3 is 0.576 bits per heavy atom. The number of unbranched alkanes of at least 4 members (excludes halogenated alkanes) is 44. The molecule has 0 aromatic rings. The number of hydrogen-bond acceptors (Lipinski definition) is 8. The molecule has 0 saturated carbocycles. The Kier molecular flexibility index (Phi) is 60.5. The predicted octanol–water partition coefficient (Wildman–Crippen LogP) is 25.5. The van der Waals surface area contributed by atoms with E-state index < -0.39 is 36.0 Å². The van der Waals surface area contributed by atoms with Gasteiger partial charge in [0.1, 0.15) is 0 Å². The normalized spacial score (nSPS) is 12.3. The maximum Gasteiger partial charge on any atom is 0.463 e. The summed E-state index contributed by atoms with van der Waals surface area (Å²) in [7, 11) is 0. The van der Waals surface area contributed by atoms with E-state index in [2.05, 4.69) is 55.4 Å². The van der Waals surface area contributed by atoms with Gasteiger partial charge in [0.25, 0.3) is 0 Å². The molecule has 0 N–H and O–H groups in total. The molecule has 0 radical (unpaired) electrons. The molecule has 0 amide bonds. The first kappa shape index (κ1) is 82.9. The number of esters is 4. The quantitative estimate of drug-likeness (QED) is 0.0337. The van der Waals surface area contributed by atoms with E-state index in [9.17, 15) is 19.2 Å². The van der Waals surface area contributed by atoms with Crippen molar-refractivity contribution in [2.45, 2.75) is 447 Å². The van der Waals surface area contributed by atoms with E-state index >= 15 is 0 Å². The summed E-state index contributed by atoms with van der Waals surface area (Å²) in [5.41, 5.74) is 0. The lowest BCUT2D eigenvalue weighted by Gasteiger charge is -2.36. The van der Waals surface area contributed by atoms with Crippen LogP contribution in [0.4, 0.5) is 0 Å². The van der Waals surface area contributed by atoms with Gasteiger partial charge < -0.3 is 18.9 Å². The Bertz CT molecular complexity index is 1330. The molecule has 8 heteroatoms. The number of carbonyl (C=O) groups is 4. The van der Waals surface area contributed by atoms with Crippen molar-refractivity contribution in [3.05, 3.63) is 0 Å². The Morgan fingerprint density at radius 2 is 0.400 bits per heavy atom. The highest BCUT2D eigenvalue weighted by molar-refractivity contribution is 5.74. The van der Waals surface area contributed by atoms with Crippen LogP contribution >= 0.6 is 0 Å². The zero-order valence-electron chi connectivity index (χ0n) is 58.7. The molecule has 0 saturated heterocycles. The number of carbonyl (C=O) groups excluding carboxylic acids is 4. The summed E-state index contributed by atoms with van der Waals surface area (Å²) in [6.45, 7) is 20.4. The summed E-state index contributed by atoms with van der Waals surface area (Å²) in [4.78, 5) is 56.0. The molecule has 8 nitrogen and oxygen atoms in total. The smallest absolute Gasteiger partial charge is 0.449 e. The third-order valence-corrected chi connectivity index (χ3v) is 17.6. The summed E-state index contributed by atoms with van der Waals surface area (Å²) in [5, 5.41) is 0. The van der Waals surface area contributed by atoms with Gasteiger partial charge in [-0.25, -0.2) is 0 Å². The molecule has 0 aromatic carbocycles. The minimum absolute atomic E-state index is 0.0927. The van der Waals surface area contributed by atoms with E-state index in [1.807, 2.05) is 6.92 Å². The van der Waals surface area contributed by atoms with Gasteiger partial charge in [-0.1, -0.05) is 377 Å².